The van der Waals surface area contributed by atoms with Crippen LogP contribution >= 0.6 is 0 Å². The van der Waals surface area contributed by atoms with E-state index in [4.69, 9.17) is 0 Å². The van der Waals surface area contributed by atoms with Crippen LogP contribution in [0.2, 0.25) is 11.6 Å². The van der Waals surface area contributed by atoms with Crippen molar-refractivity contribution in [2.45, 2.75) is 30.5 Å². The zero-order valence-electron chi connectivity index (χ0n) is 17.1. The van der Waals surface area contributed by atoms with Crippen molar-refractivity contribution in [3.8, 4) is 0 Å². The third-order valence-corrected chi connectivity index (χ3v) is 11.4. The molecule has 0 amide bonds. The first kappa shape index (κ1) is 21.0. The molecule has 29 heavy (non-hydrogen) atoms. The minimum absolute atomic E-state index is 0.00307. The molecule has 0 heterocycles. The Bertz CT molecular complexity index is 866. The SMILES string of the molecule is C=CC[Si](c1ccccc1)(c1ccccc1)[C@@H](C=C)[C@H](O)[C@@H](C)c1ccccc1. The fraction of sp³-hybridized carbons (Fsp3) is 0.185. The van der Waals surface area contributed by atoms with E-state index in [2.05, 4.69) is 80.7 Å². The highest BCUT2D eigenvalue weighted by atomic mass is 28.3. The summed E-state index contributed by atoms with van der Waals surface area (Å²) in [6, 6.07) is 32.4. The fourth-order valence-corrected chi connectivity index (χ4v) is 9.67. The molecule has 0 aliphatic rings. The Morgan fingerprint density at radius 1 is 0.793 bits per heavy atom. The first-order valence-electron chi connectivity index (χ1n) is 10.2. The topological polar surface area (TPSA) is 20.2 Å². The molecule has 0 fully saturated rings. The van der Waals surface area contributed by atoms with Crippen molar-refractivity contribution < 1.29 is 5.11 Å². The lowest BCUT2D eigenvalue weighted by Crippen LogP contribution is -2.63. The summed E-state index contributed by atoms with van der Waals surface area (Å²) in [5, 5.41) is 14.2. The summed E-state index contributed by atoms with van der Waals surface area (Å²) in [4.78, 5) is 0. The average Bonchev–Trinajstić information content (AvgIpc) is 2.80. The summed E-state index contributed by atoms with van der Waals surface area (Å²) in [6.45, 7) is 10.4. The monoisotopic (exact) mass is 398 g/mol. The summed E-state index contributed by atoms with van der Waals surface area (Å²) >= 11 is 0. The molecule has 3 atom stereocenters. The number of allylic oxidation sites excluding steroid dienone is 1. The van der Waals surface area contributed by atoms with Crippen LogP contribution in [0, 0.1) is 0 Å². The molecule has 2 heteroatoms. The molecule has 0 radical (unpaired) electrons. The lowest BCUT2D eigenvalue weighted by molar-refractivity contribution is 0.151. The van der Waals surface area contributed by atoms with E-state index in [0.29, 0.717) is 0 Å². The molecule has 0 saturated carbocycles. The van der Waals surface area contributed by atoms with Crippen molar-refractivity contribution in [1.29, 1.82) is 0 Å². The molecular formula is C27H30OSi. The molecule has 148 valence electrons. The molecular weight excluding hydrogens is 368 g/mol. The van der Waals surface area contributed by atoms with Crippen LogP contribution in [0.3, 0.4) is 0 Å². The normalized spacial score (nSPS) is 14.6. The van der Waals surface area contributed by atoms with Gasteiger partial charge < -0.3 is 5.11 Å². The maximum atomic E-state index is 11.6. The summed E-state index contributed by atoms with van der Waals surface area (Å²) in [5.74, 6) is 0.00307. The van der Waals surface area contributed by atoms with Crippen LogP contribution in [0.15, 0.2) is 116 Å². The van der Waals surface area contributed by atoms with Crippen LogP contribution in [-0.4, -0.2) is 19.3 Å². The van der Waals surface area contributed by atoms with Gasteiger partial charge in [0.15, 0.2) is 0 Å². The van der Waals surface area contributed by atoms with E-state index in [-0.39, 0.29) is 11.5 Å². The quantitative estimate of drug-likeness (QED) is 0.390. The smallest absolute Gasteiger partial charge is 0.130 e. The van der Waals surface area contributed by atoms with Gasteiger partial charge in [0.05, 0.1) is 6.10 Å². The van der Waals surface area contributed by atoms with Crippen LogP contribution in [0.1, 0.15) is 18.4 Å². The number of aliphatic hydroxyl groups is 1. The predicted octanol–water partition coefficient (Wildman–Crippen LogP) is 5.16. The van der Waals surface area contributed by atoms with Gasteiger partial charge in [0, 0.05) is 11.5 Å². The summed E-state index contributed by atoms with van der Waals surface area (Å²) in [6.07, 6.45) is 3.46. The summed E-state index contributed by atoms with van der Waals surface area (Å²) in [5.41, 5.74) is 1.09. The highest BCUT2D eigenvalue weighted by Gasteiger charge is 2.46. The van der Waals surface area contributed by atoms with E-state index in [0.717, 1.165) is 11.6 Å². The molecule has 0 saturated heterocycles. The van der Waals surface area contributed by atoms with Crippen LogP contribution in [0.4, 0.5) is 0 Å². The highest BCUT2D eigenvalue weighted by molar-refractivity contribution is 7.04. The minimum Gasteiger partial charge on any atom is -0.392 e. The zero-order valence-corrected chi connectivity index (χ0v) is 18.1. The largest absolute Gasteiger partial charge is 0.392 e. The van der Waals surface area contributed by atoms with Gasteiger partial charge in [-0.15, -0.1) is 13.2 Å². The molecule has 1 nitrogen and oxygen atoms in total. The number of hydrogen-bond acceptors (Lipinski definition) is 1. The second-order valence-corrected chi connectivity index (χ2v) is 11.8. The predicted molar refractivity (Wildman–Crippen MR) is 128 cm³/mol. The first-order chi connectivity index (χ1) is 14.1. The van der Waals surface area contributed by atoms with Crippen molar-refractivity contribution in [2.75, 3.05) is 0 Å². The lowest BCUT2D eigenvalue weighted by Gasteiger charge is -2.42. The van der Waals surface area contributed by atoms with Gasteiger partial charge in [-0.05, 0) is 11.6 Å². The standard InChI is InChI=1S/C27H30OSi/c1-4-21-29(24-17-11-7-12-18-24,25-19-13-8-14-20-25)26(5-2)27(28)22(3)23-15-9-6-10-16-23/h4-20,22,26-28H,1-2,21H2,3H3/t22-,26-,27+/m0/s1. The zero-order chi connectivity index (χ0) is 20.7. The number of benzene rings is 3. The van der Waals surface area contributed by atoms with Crippen molar-refractivity contribution in [3.63, 3.8) is 0 Å². The van der Waals surface area contributed by atoms with Crippen LogP contribution < -0.4 is 10.4 Å². The molecule has 3 rings (SSSR count). The van der Waals surface area contributed by atoms with Crippen molar-refractivity contribution in [3.05, 3.63) is 122 Å². The van der Waals surface area contributed by atoms with Crippen LogP contribution in [0.5, 0.6) is 0 Å². The molecule has 0 aromatic heterocycles. The molecule has 0 aliphatic heterocycles. The Labute approximate surface area is 176 Å². The molecule has 3 aromatic rings. The van der Waals surface area contributed by atoms with Crippen molar-refractivity contribution in [1.82, 2.24) is 0 Å². The molecule has 0 unspecified atom stereocenters. The van der Waals surface area contributed by atoms with Gasteiger partial charge >= 0.3 is 0 Å². The van der Waals surface area contributed by atoms with E-state index in [1.807, 2.05) is 42.5 Å². The maximum absolute atomic E-state index is 11.6. The number of rotatable bonds is 9. The maximum Gasteiger partial charge on any atom is 0.130 e. The average molecular weight is 399 g/mol. The number of hydrogen-bond donors (Lipinski definition) is 1. The lowest BCUT2D eigenvalue weighted by atomic mass is 9.93. The summed E-state index contributed by atoms with van der Waals surface area (Å²) < 4.78 is 0. The Balaban J connectivity index is 2.18. The van der Waals surface area contributed by atoms with Crippen LogP contribution in [-0.2, 0) is 0 Å². The van der Waals surface area contributed by atoms with Gasteiger partial charge in [0.2, 0.25) is 0 Å². The summed E-state index contributed by atoms with van der Waals surface area (Å²) in [7, 11) is -2.42. The molecule has 0 aliphatic carbocycles. The fourth-order valence-electron chi connectivity index (χ4n) is 4.52. The third-order valence-electron chi connectivity index (χ3n) is 6.07. The van der Waals surface area contributed by atoms with Gasteiger partial charge in [0.25, 0.3) is 0 Å². The van der Waals surface area contributed by atoms with Gasteiger partial charge in [-0.3, -0.25) is 0 Å². The second kappa shape index (κ2) is 9.68. The van der Waals surface area contributed by atoms with Gasteiger partial charge in [-0.2, -0.15) is 0 Å². The Kier molecular flexibility index (Phi) is 7.02. The van der Waals surface area contributed by atoms with Gasteiger partial charge in [-0.25, -0.2) is 0 Å². The Hall–Kier alpha value is -2.68. The minimum atomic E-state index is -2.42. The van der Waals surface area contributed by atoms with E-state index >= 15 is 0 Å². The molecule has 0 bridgehead atoms. The molecule has 3 aromatic carbocycles. The van der Waals surface area contributed by atoms with Gasteiger partial charge in [0.1, 0.15) is 8.07 Å². The van der Waals surface area contributed by atoms with Crippen LogP contribution in [0.25, 0.3) is 0 Å². The third kappa shape index (κ3) is 4.19. The first-order valence-corrected chi connectivity index (χ1v) is 12.5. The molecule has 1 N–H and O–H groups in total. The van der Waals surface area contributed by atoms with E-state index in [9.17, 15) is 5.11 Å². The Morgan fingerprint density at radius 3 is 1.66 bits per heavy atom. The van der Waals surface area contributed by atoms with Crippen molar-refractivity contribution >= 4 is 18.4 Å². The Morgan fingerprint density at radius 2 is 1.24 bits per heavy atom. The highest BCUT2D eigenvalue weighted by Crippen LogP contribution is 2.37. The van der Waals surface area contributed by atoms with E-state index < -0.39 is 14.2 Å². The van der Waals surface area contributed by atoms with E-state index in [1.54, 1.807) is 0 Å². The second-order valence-electron chi connectivity index (χ2n) is 7.65. The molecule has 0 spiro atoms. The number of aliphatic hydroxyl groups excluding tert-OH is 1. The van der Waals surface area contributed by atoms with Crippen molar-refractivity contribution in [2.24, 2.45) is 0 Å². The van der Waals surface area contributed by atoms with Gasteiger partial charge in [-0.1, -0.05) is 120 Å². The van der Waals surface area contributed by atoms with E-state index in [1.165, 1.54) is 10.4 Å².